The number of methoxy groups -OCH3 is 1. The van der Waals surface area contributed by atoms with Crippen molar-refractivity contribution in [3.05, 3.63) is 24.3 Å². The highest BCUT2D eigenvalue weighted by Gasteiger charge is 2.24. The van der Waals surface area contributed by atoms with Crippen molar-refractivity contribution in [2.24, 2.45) is 0 Å². The van der Waals surface area contributed by atoms with Crippen molar-refractivity contribution in [3.8, 4) is 0 Å². The second-order valence-electron chi connectivity index (χ2n) is 4.41. The first-order valence-corrected chi connectivity index (χ1v) is 5.63. The standard InChI is InChI=1S/C12H21N3O/c1-5-14-10(8-12(2,3)16-4)11-9-13-6-7-15-11/h6-7,9-10,14H,5,8H2,1-4H3. The fraction of sp³-hybridized carbons (Fsp3) is 0.667. The lowest BCUT2D eigenvalue weighted by Gasteiger charge is -2.28. The average Bonchev–Trinajstić information content (AvgIpc) is 2.29. The third kappa shape index (κ3) is 3.87. The Balaban J connectivity index is 2.76. The van der Waals surface area contributed by atoms with Crippen molar-refractivity contribution < 1.29 is 4.74 Å². The van der Waals surface area contributed by atoms with Gasteiger partial charge in [0.05, 0.1) is 17.3 Å². The number of hydrogen-bond donors (Lipinski definition) is 1. The van der Waals surface area contributed by atoms with E-state index in [1.54, 1.807) is 25.7 Å². The molecule has 0 aliphatic carbocycles. The summed E-state index contributed by atoms with van der Waals surface area (Å²) < 4.78 is 5.45. The number of aromatic nitrogens is 2. The quantitative estimate of drug-likeness (QED) is 0.800. The number of ether oxygens (including phenoxy) is 1. The molecule has 1 aromatic heterocycles. The summed E-state index contributed by atoms with van der Waals surface area (Å²) >= 11 is 0. The van der Waals surface area contributed by atoms with Gasteiger partial charge in [-0.25, -0.2) is 0 Å². The highest BCUT2D eigenvalue weighted by Crippen LogP contribution is 2.24. The molecule has 1 heterocycles. The van der Waals surface area contributed by atoms with Gasteiger partial charge in [-0.1, -0.05) is 6.92 Å². The summed E-state index contributed by atoms with van der Waals surface area (Å²) in [7, 11) is 1.74. The predicted octanol–water partition coefficient (Wildman–Crippen LogP) is 1.94. The van der Waals surface area contributed by atoms with Crippen LogP contribution in [0.5, 0.6) is 0 Å². The number of nitrogens with zero attached hydrogens (tertiary/aromatic N) is 2. The molecule has 4 heteroatoms. The largest absolute Gasteiger partial charge is 0.379 e. The van der Waals surface area contributed by atoms with E-state index in [-0.39, 0.29) is 11.6 Å². The Morgan fingerprint density at radius 2 is 2.19 bits per heavy atom. The Morgan fingerprint density at radius 1 is 1.44 bits per heavy atom. The average molecular weight is 223 g/mol. The van der Waals surface area contributed by atoms with Crippen LogP contribution in [0.1, 0.15) is 38.9 Å². The van der Waals surface area contributed by atoms with E-state index in [1.165, 1.54) is 0 Å². The van der Waals surface area contributed by atoms with Gasteiger partial charge >= 0.3 is 0 Å². The lowest BCUT2D eigenvalue weighted by molar-refractivity contribution is 0.00659. The van der Waals surface area contributed by atoms with E-state index in [4.69, 9.17) is 4.74 Å². The first kappa shape index (κ1) is 13.1. The first-order valence-electron chi connectivity index (χ1n) is 5.63. The van der Waals surface area contributed by atoms with Crippen molar-refractivity contribution in [1.29, 1.82) is 0 Å². The molecular formula is C12H21N3O. The Bertz CT molecular complexity index is 300. The molecule has 1 aromatic rings. The van der Waals surface area contributed by atoms with Crippen molar-refractivity contribution in [3.63, 3.8) is 0 Å². The molecule has 1 unspecified atom stereocenters. The number of nitrogens with one attached hydrogen (secondary N) is 1. The van der Waals surface area contributed by atoms with Gasteiger partial charge < -0.3 is 10.1 Å². The summed E-state index contributed by atoms with van der Waals surface area (Å²) in [6, 6.07) is 0.189. The SMILES string of the molecule is CCNC(CC(C)(C)OC)c1cnccn1. The highest BCUT2D eigenvalue weighted by molar-refractivity contribution is 5.03. The fourth-order valence-electron chi connectivity index (χ4n) is 1.59. The molecule has 4 nitrogen and oxygen atoms in total. The molecule has 0 amide bonds. The molecule has 0 saturated heterocycles. The van der Waals surface area contributed by atoms with E-state index < -0.39 is 0 Å². The van der Waals surface area contributed by atoms with Gasteiger partial charge in [0.1, 0.15) is 0 Å². The summed E-state index contributed by atoms with van der Waals surface area (Å²) in [6.07, 6.45) is 6.09. The lowest BCUT2D eigenvalue weighted by Crippen LogP contribution is -2.32. The fourth-order valence-corrected chi connectivity index (χ4v) is 1.59. The molecule has 1 rings (SSSR count). The van der Waals surface area contributed by atoms with E-state index in [2.05, 4.69) is 36.1 Å². The maximum absolute atomic E-state index is 5.45. The maximum atomic E-state index is 5.45. The van der Waals surface area contributed by atoms with Crippen LogP contribution in [0.3, 0.4) is 0 Å². The topological polar surface area (TPSA) is 47.0 Å². The zero-order valence-corrected chi connectivity index (χ0v) is 10.5. The van der Waals surface area contributed by atoms with Crippen LogP contribution in [0, 0.1) is 0 Å². The molecule has 0 aliphatic heterocycles. The smallest absolute Gasteiger partial charge is 0.0757 e. The second kappa shape index (κ2) is 5.92. The van der Waals surface area contributed by atoms with Gasteiger partial charge in [-0.3, -0.25) is 9.97 Å². The van der Waals surface area contributed by atoms with Gasteiger partial charge in [0.25, 0.3) is 0 Å². The minimum absolute atomic E-state index is 0.162. The van der Waals surface area contributed by atoms with E-state index in [0.717, 1.165) is 18.7 Å². The third-order valence-electron chi connectivity index (χ3n) is 2.64. The Morgan fingerprint density at radius 3 is 2.69 bits per heavy atom. The minimum atomic E-state index is -0.162. The third-order valence-corrected chi connectivity index (χ3v) is 2.64. The van der Waals surface area contributed by atoms with Crippen molar-refractivity contribution >= 4 is 0 Å². The van der Waals surface area contributed by atoms with Gasteiger partial charge in [0.2, 0.25) is 0 Å². The summed E-state index contributed by atoms with van der Waals surface area (Å²) in [6.45, 7) is 7.14. The Kier molecular flexibility index (Phi) is 4.83. The predicted molar refractivity (Wildman–Crippen MR) is 64.2 cm³/mol. The van der Waals surface area contributed by atoms with Crippen LogP contribution in [0.15, 0.2) is 18.6 Å². The van der Waals surface area contributed by atoms with Crippen LogP contribution < -0.4 is 5.32 Å². The molecule has 0 radical (unpaired) electrons. The van der Waals surface area contributed by atoms with E-state index >= 15 is 0 Å². The molecule has 0 fully saturated rings. The lowest BCUT2D eigenvalue weighted by atomic mass is 9.97. The number of hydrogen-bond acceptors (Lipinski definition) is 4. The van der Waals surface area contributed by atoms with Gasteiger partial charge in [-0.2, -0.15) is 0 Å². The van der Waals surface area contributed by atoms with E-state index in [1.807, 2.05) is 0 Å². The second-order valence-corrected chi connectivity index (χ2v) is 4.41. The van der Waals surface area contributed by atoms with Crippen LogP contribution in [0.25, 0.3) is 0 Å². The Hall–Kier alpha value is -1.00. The molecule has 1 atom stereocenters. The molecule has 1 N–H and O–H groups in total. The zero-order chi connectivity index (χ0) is 12.0. The molecular weight excluding hydrogens is 202 g/mol. The van der Waals surface area contributed by atoms with E-state index in [9.17, 15) is 0 Å². The zero-order valence-electron chi connectivity index (χ0n) is 10.5. The van der Waals surface area contributed by atoms with Gasteiger partial charge in [-0.15, -0.1) is 0 Å². The molecule has 0 saturated carbocycles. The van der Waals surface area contributed by atoms with Crippen LogP contribution in [-0.2, 0) is 4.74 Å². The normalized spacial score (nSPS) is 13.8. The Labute approximate surface area is 97.5 Å². The van der Waals surface area contributed by atoms with Crippen LogP contribution in [-0.4, -0.2) is 29.2 Å². The maximum Gasteiger partial charge on any atom is 0.0757 e. The van der Waals surface area contributed by atoms with Crippen molar-refractivity contribution in [2.45, 2.75) is 38.8 Å². The minimum Gasteiger partial charge on any atom is -0.379 e. The van der Waals surface area contributed by atoms with Crippen molar-refractivity contribution in [2.75, 3.05) is 13.7 Å². The molecule has 90 valence electrons. The van der Waals surface area contributed by atoms with Gasteiger partial charge in [0.15, 0.2) is 0 Å². The van der Waals surface area contributed by atoms with Crippen LogP contribution in [0.2, 0.25) is 0 Å². The first-order chi connectivity index (χ1) is 7.59. The molecule has 0 aromatic carbocycles. The highest BCUT2D eigenvalue weighted by atomic mass is 16.5. The van der Waals surface area contributed by atoms with Gasteiger partial charge in [0, 0.05) is 25.7 Å². The number of rotatable bonds is 6. The monoisotopic (exact) mass is 223 g/mol. The summed E-state index contributed by atoms with van der Waals surface area (Å²) in [4.78, 5) is 8.44. The molecule has 0 spiro atoms. The van der Waals surface area contributed by atoms with Crippen LogP contribution in [0.4, 0.5) is 0 Å². The van der Waals surface area contributed by atoms with Crippen molar-refractivity contribution in [1.82, 2.24) is 15.3 Å². The molecule has 16 heavy (non-hydrogen) atoms. The molecule has 0 aliphatic rings. The molecule has 0 bridgehead atoms. The summed E-state index contributed by atoms with van der Waals surface area (Å²) in [5.74, 6) is 0. The summed E-state index contributed by atoms with van der Waals surface area (Å²) in [5.41, 5.74) is 0.805. The van der Waals surface area contributed by atoms with Gasteiger partial charge in [-0.05, 0) is 26.8 Å². The van der Waals surface area contributed by atoms with Crippen LogP contribution >= 0.6 is 0 Å². The van der Waals surface area contributed by atoms with E-state index in [0.29, 0.717) is 0 Å². The summed E-state index contributed by atoms with van der Waals surface area (Å²) in [5, 5.41) is 3.41.